The predicted octanol–water partition coefficient (Wildman–Crippen LogP) is 10.4. The summed E-state index contributed by atoms with van der Waals surface area (Å²) in [6.45, 7) is 35.7. The molecule has 0 amide bonds. The second kappa shape index (κ2) is 12.0. The van der Waals surface area contributed by atoms with E-state index in [9.17, 15) is 5.11 Å². The molecule has 0 aromatic rings. The minimum atomic E-state index is -2.02. The van der Waals surface area contributed by atoms with Crippen molar-refractivity contribution >= 4 is 16.6 Å². The largest absolute Gasteiger partial charge is 0.414 e. The van der Waals surface area contributed by atoms with Gasteiger partial charge >= 0.3 is 0 Å². The van der Waals surface area contributed by atoms with Crippen molar-refractivity contribution in [1.82, 2.24) is 0 Å². The van der Waals surface area contributed by atoms with Crippen LogP contribution in [-0.4, -0.2) is 52.3 Å². The smallest absolute Gasteiger partial charge is 0.192 e. The second-order valence-corrected chi connectivity index (χ2v) is 28.9. The van der Waals surface area contributed by atoms with E-state index in [4.69, 9.17) is 13.6 Å². The third-order valence-corrected chi connectivity index (χ3v) is 22.9. The molecule has 1 N–H and O–H groups in total. The average molecular weight is 647 g/mol. The lowest BCUT2D eigenvalue weighted by atomic mass is 9.49. The molecule has 0 aliphatic heterocycles. The first-order chi connectivity index (χ1) is 19.8. The van der Waals surface area contributed by atoms with Crippen molar-refractivity contribution in [2.24, 2.45) is 28.6 Å². The number of rotatable bonds is 9. The predicted molar refractivity (Wildman–Crippen MR) is 191 cm³/mol. The van der Waals surface area contributed by atoms with Gasteiger partial charge in [0.25, 0.3) is 0 Å². The van der Waals surface area contributed by atoms with Gasteiger partial charge in [-0.3, -0.25) is 0 Å². The van der Waals surface area contributed by atoms with Gasteiger partial charge in [-0.15, -0.1) is 0 Å². The van der Waals surface area contributed by atoms with Crippen LogP contribution in [0, 0.1) is 28.6 Å². The summed E-state index contributed by atoms with van der Waals surface area (Å²) in [7, 11) is -3.93. The fourth-order valence-corrected chi connectivity index (χ4v) is 11.6. The molecule has 4 aliphatic rings. The molecule has 0 spiro atoms. The lowest BCUT2D eigenvalue weighted by molar-refractivity contribution is -0.0646. The van der Waals surface area contributed by atoms with Crippen LogP contribution in [0.3, 0.4) is 0 Å². The lowest BCUT2D eigenvalue weighted by Gasteiger charge is -2.59. The zero-order valence-corrected chi connectivity index (χ0v) is 33.4. The maximum Gasteiger partial charge on any atom is 0.192 e. The molecule has 0 bridgehead atoms. The van der Waals surface area contributed by atoms with E-state index in [0.29, 0.717) is 30.8 Å². The average Bonchev–Trinajstić information content (AvgIpc) is 3.19. The fourth-order valence-electron chi connectivity index (χ4n) is 8.81. The molecule has 8 atom stereocenters. The summed E-state index contributed by atoms with van der Waals surface area (Å²) in [6, 6.07) is 0. The molecule has 3 fully saturated rings. The molecule has 4 nitrogen and oxygen atoms in total. The summed E-state index contributed by atoms with van der Waals surface area (Å²) >= 11 is 0. The molecule has 4 aliphatic carbocycles. The Balaban J connectivity index is 1.65. The lowest BCUT2D eigenvalue weighted by Crippen LogP contribution is -2.58. The molecule has 3 saturated carbocycles. The van der Waals surface area contributed by atoms with Crippen molar-refractivity contribution in [2.45, 2.75) is 181 Å². The molecule has 0 saturated heterocycles. The van der Waals surface area contributed by atoms with Crippen LogP contribution >= 0.6 is 0 Å². The van der Waals surface area contributed by atoms with Gasteiger partial charge in [0.1, 0.15) is 0 Å². The summed E-state index contributed by atoms with van der Waals surface area (Å²) in [5.74, 6) is 1.70. The number of hydrogen-bond acceptors (Lipinski definition) is 4. The zero-order chi connectivity index (χ0) is 33.3. The van der Waals surface area contributed by atoms with Crippen LogP contribution in [-0.2, 0) is 13.6 Å². The van der Waals surface area contributed by atoms with E-state index in [1.54, 1.807) is 11.1 Å². The molecule has 0 aromatic heterocycles. The van der Waals surface area contributed by atoms with Crippen LogP contribution in [0.15, 0.2) is 23.3 Å². The molecule has 0 aromatic carbocycles. The van der Waals surface area contributed by atoms with Crippen molar-refractivity contribution in [1.29, 1.82) is 0 Å². The highest BCUT2D eigenvalue weighted by atomic mass is 28.4. The summed E-state index contributed by atoms with van der Waals surface area (Å²) in [5.41, 5.74) is 2.87. The first-order valence-electron chi connectivity index (χ1n) is 17.9. The second-order valence-electron chi connectivity index (χ2n) is 19.4. The van der Waals surface area contributed by atoms with E-state index in [2.05, 4.69) is 101 Å². The Hall–Kier alpha value is -0.246. The normalized spacial score (nSPS) is 35.8. The quantitative estimate of drug-likeness (QED) is 0.253. The minimum Gasteiger partial charge on any atom is -0.414 e. The van der Waals surface area contributed by atoms with E-state index in [1.165, 1.54) is 25.7 Å². The molecule has 0 radical (unpaired) electrons. The Labute approximate surface area is 274 Å². The molecular weight excluding hydrogens is 577 g/mol. The topological polar surface area (TPSA) is 47.9 Å². The van der Waals surface area contributed by atoms with Crippen molar-refractivity contribution < 1.29 is 18.7 Å². The van der Waals surface area contributed by atoms with E-state index in [-0.39, 0.29) is 39.2 Å². The monoisotopic (exact) mass is 646 g/mol. The Morgan fingerprint density at radius 1 is 0.864 bits per heavy atom. The number of aliphatic hydroxyl groups is 1. The molecule has 0 heterocycles. The highest BCUT2D eigenvalue weighted by Gasteiger charge is 2.61. The van der Waals surface area contributed by atoms with Gasteiger partial charge in [0.2, 0.25) is 0 Å². The summed E-state index contributed by atoms with van der Waals surface area (Å²) in [4.78, 5) is 0. The van der Waals surface area contributed by atoms with E-state index in [1.807, 2.05) is 13.8 Å². The molecule has 1 unspecified atom stereocenters. The van der Waals surface area contributed by atoms with Gasteiger partial charge in [-0.25, -0.2) is 0 Å². The van der Waals surface area contributed by atoms with Gasteiger partial charge in [-0.05, 0) is 125 Å². The number of fused-ring (bicyclic) bond motifs is 5. The molecular formula is C38H70O4Si2. The van der Waals surface area contributed by atoms with Crippen molar-refractivity contribution in [3.63, 3.8) is 0 Å². The van der Waals surface area contributed by atoms with Gasteiger partial charge in [0.15, 0.2) is 16.6 Å². The van der Waals surface area contributed by atoms with Gasteiger partial charge in [0.05, 0.1) is 23.9 Å². The van der Waals surface area contributed by atoms with Crippen molar-refractivity contribution in [3.05, 3.63) is 23.3 Å². The summed E-state index contributed by atoms with van der Waals surface area (Å²) in [5, 5.41) is 10.6. The van der Waals surface area contributed by atoms with Gasteiger partial charge < -0.3 is 18.7 Å². The Morgan fingerprint density at radius 3 is 2.02 bits per heavy atom. The van der Waals surface area contributed by atoms with E-state index in [0.717, 1.165) is 12.8 Å². The first-order valence-corrected chi connectivity index (χ1v) is 23.8. The Bertz CT molecular complexity index is 1100. The van der Waals surface area contributed by atoms with Crippen LogP contribution < -0.4 is 0 Å². The molecule has 4 rings (SSSR count). The van der Waals surface area contributed by atoms with Crippen LogP contribution in [0.2, 0.25) is 36.3 Å². The number of hydrogen-bond donors (Lipinski definition) is 1. The first kappa shape index (κ1) is 36.6. The number of ether oxygens (including phenoxy) is 1. The van der Waals surface area contributed by atoms with Crippen LogP contribution in [0.1, 0.15) is 121 Å². The van der Waals surface area contributed by atoms with E-state index >= 15 is 0 Å². The molecule has 254 valence electrons. The van der Waals surface area contributed by atoms with Crippen LogP contribution in [0.5, 0.6) is 0 Å². The maximum absolute atomic E-state index is 10.2. The van der Waals surface area contributed by atoms with Gasteiger partial charge in [-0.1, -0.05) is 78.7 Å². The summed E-state index contributed by atoms with van der Waals surface area (Å²) < 4.78 is 21.1. The van der Waals surface area contributed by atoms with Gasteiger partial charge in [0, 0.05) is 12.0 Å². The zero-order valence-electron chi connectivity index (χ0n) is 31.4. The standard InChI is InChI=1S/C38H70O4Si2/c1-26(40-23-22-36(8,9)39)30-18-19-31-29-17-16-27-24-28(41-43(12,13)34(2,3)4)25-33(42-44(14,15)35(5,6)7)38(27,11)32(29)20-21-37(30,31)10/h16-17,26,28,30-33,39H,18-25H2,1-15H3/t26?,28-,30-,31+,32+,33+,37-,38+/m1/s1. The minimum absolute atomic E-state index is 0.0150. The third kappa shape index (κ3) is 6.83. The third-order valence-electron chi connectivity index (χ3n) is 13.8. The summed E-state index contributed by atoms with van der Waals surface area (Å²) in [6.07, 6.45) is 13.4. The molecule has 44 heavy (non-hydrogen) atoms. The van der Waals surface area contributed by atoms with E-state index < -0.39 is 22.2 Å². The Kier molecular flexibility index (Phi) is 9.99. The highest BCUT2D eigenvalue weighted by molar-refractivity contribution is 6.74. The Morgan fingerprint density at radius 2 is 1.45 bits per heavy atom. The van der Waals surface area contributed by atoms with Gasteiger partial charge in [-0.2, -0.15) is 0 Å². The van der Waals surface area contributed by atoms with Crippen LogP contribution in [0.4, 0.5) is 0 Å². The highest BCUT2D eigenvalue weighted by Crippen LogP contribution is 2.66. The molecule has 6 heteroatoms. The fraction of sp³-hybridized carbons (Fsp3) is 0.895. The van der Waals surface area contributed by atoms with Crippen molar-refractivity contribution in [2.75, 3.05) is 6.61 Å². The number of allylic oxidation sites excluding steroid dienone is 3. The SMILES string of the molecule is CC(OCCC(C)(C)O)[C@H]1CC[C@H]2C3=CC=C4C[C@@H](O[Si](C)(C)C(C)(C)C)C[C@H](O[Si](C)(C)C(C)(C)C)[C@]4(C)[C@H]3CC[C@]12C. The van der Waals surface area contributed by atoms with Crippen LogP contribution in [0.25, 0.3) is 0 Å². The maximum atomic E-state index is 10.2. The van der Waals surface area contributed by atoms with Crippen molar-refractivity contribution in [3.8, 4) is 0 Å².